The molecule has 0 unspecified atom stereocenters. The van der Waals surface area contributed by atoms with Crippen LogP contribution in [0.1, 0.15) is 29.5 Å². The molecule has 0 radical (unpaired) electrons. The number of nitrogens with one attached hydrogen (secondary N) is 1. The Balaban J connectivity index is 1.40. The van der Waals surface area contributed by atoms with Crippen molar-refractivity contribution in [2.24, 2.45) is 5.92 Å². The predicted molar refractivity (Wildman–Crippen MR) is 126 cm³/mol. The maximum atomic E-state index is 13.3. The number of piperidine rings is 1. The fraction of sp³-hybridized carbons (Fsp3) is 0.348. The molecule has 1 aromatic carbocycles. The molecule has 1 saturated heterocycles. The van der Waals surface area contributed by atoms with Gasteiger partial charge in [0.25, 0.3) is 0 Å². The van der Waals surface area contributed by atoms with E-state index < -0.39 is 10.0 Å². The second kappa shape index (κ2) is 9.09. The second-order valence-corrected chi connectivity index (χ2v) is 10.9. The fourth-order valence-electron chi connectivity index (χ4n) is 4.23. The summed E-state index contributed by atoms with van der Waals surface area (Å²) in [6.45, 7) is 6.28. The van der Waals surface area contributed by atoms with Crippen LogP contribution in [0.5, 0.6) is 0 Å². The van der Waals surface area contributed by atoms with Gasteiger partial charge in [-0.1, -0.05) is 23.8 Å². The van der Waals surface area contributed by atoms with Gasteiger partial charge in [-0.05, 0) is 56.9 Å². The summed E-state index contributed by atoms with van der Waals surface area (Å²) in [6, 6.07) is 9.39. The first-order valence-electron chi connectivity index (χ1n) is 10.5. The molecule has 3 aromatic rings. The summed E-state index contributed by atoms with van der Waals surface area (Å²) in [4.78, 5) is 21.9. The number of amides is 1. The van der Waals surface area contributed by atoms with Crippen molar-refractivity contribution in [3.05, 3.63) is 58.6 Å². The Labute approximate surface area is 192 Å². The van der Waals surface area contributed by atoms with Gasteiger partial charge in [-0.2, -0.15) is 4.31 Å². The molecule has 1 aliphatic rings. The average Bonchev–Trinajstić information content (AvgIpc) is 3.22. The summed E-state index contributed by atoms with van der Waals surface area (Å²) < 4.78 is 28.0. The zero-order valence-corrected chi connectivity index (χ0v) is 20.0. The lowest BCUT2D eigenvalue weighted by molar-refractivity contribution is -0.120. The highest BCUT2D eigenvalue weighted by Gasteiger charge is 2.34. The fourth-order valence-corrected chi connectivity index (χ4v) is 6.82. The van der Waals surface area contributed by atoms with Crippen molar-refractivity contribution in [3.63, 3.8) is 0 Å². The molecule has 0 bridgehead atoms. The Bertz CT molecular complexity index is 1210. The van der Waals surface area contributed by atoms with Gasteiger partial charge < -0.3 is 5.32 Å². The van der Waals surface area contributed by atoms with Crippen molar-refractivity contribution in [3.8, 4) is 11.4 Å². The molecule has 1 amide bonds. The molecule has 0 saturated carbocycles. The molecule has 7 nitrogen and oxygen atoms in total. The van der Waals surface area contributed by atoms with Gasteiger partial charge in [0.15, 0.2) is 5.13 Å². The Morgan fingerprint density at radius 3 is 2.41 bits per heavy atom. The number of nitrogens with zero attached hydrogens (tertiary/aromatic N) is 3. The Morgan fingerprint density at radius 2 is 1.78 bits per heavy atom. The van der Waals surface area contributed by atoms with Crippen LogP contribution in [0.2, 0.25) is 0 Å². The third-order valence-electron chi connectivity index (χ3n) is 5.69. The highest BCUT2D eigenvalue weighted by atomic mass is 32.2. The molecule has 4 rings (SSSR count). The summed E-state index contributed by atoms with van der Waals surface area (Å²) in [7, 11) is -3.59. The van der Waals surface area contributed by atoms with Gasteiger partial charge >= 0.3 is 0 Å². The zero-order valence-electron chi connectivity index (χ0n) is 18.3. The molecule has 0 spiro atoms. The minimum Gasteiger partial charge on any atom is -0.302 e. The van der Waals surface area contributed by atoms with Crippen LogP contribution in [0.4, 0.5) is 5.13 Å². The van der Waals surface area contributed by atoms with E-state index in [1.165, 1.54) is 15.6 Å². The third-order valence-corrected chi connectivity index (χ3v) is 8.65. The van der Waals surface area contributed by atoms with Crippen LogP contribution < -0.4 is 5.32 Å². The van der Waals surface area contributed by atoms with Gasteiger partial charge in [-0.15, -0.1) is 11.3 Å². The van der Waals surface area contributed by atoms with Crippen LogP contribution in [-0.2, 0) is 14.8 Å². The van der Waals surface area contributed by atoms with Crippen LogP contribution in [0.25, 0.3) is 11.4 Å². The lowest BCUT2D eigenvalue weighted by atomic mass is 9.97. The zero-order chi connectivity index (χ0) is 22.9. The molecule has 1 aliphatic heterocycles. The minimum atomic E-state index is -3.59. The van der Waals surface area contributed by atoms with Gasteiger partial charge in [0.2, 0.25) is 15.9 Å². The number of carbonyl (C=O) groups excluding carboxylic acids is 1. The van der Waals surface area contributed by atoms with E-state index in [9.17, 15) is 13.2 Å². The van der Waals surface area contributed by atoms with E-state index in [4.69, 9.17) is 0 Å². The van der Waals surface area contributed by atoms with Crippen molar-refractivity contribution in [2.45, 2.75) is 38.5 Å². The van der Waals surface area contributed by atoms with E-state index in [0.717, 1.165) is 28.1 Å². The third kappa shape index (κ3) is 4.60. The first-order valence-corrected chi connectivity index (χ1v) is 12.8. The lowest BCUT2D eigenvalue weighted by Gasteiger charge is -2.31. The number of hydrogen-bond acceptors (Lipinski definition) is 6. The van der Waals surface area contributed by atoms with E-state index in [1.807, 2.05) is 56.5 Å². The summed E-state index contributed by atoms with van der Waals surface area (Å²) in [5.74, 6) is -0.365. The van der Waals surface area contributed by atoms with E-state index in [0.29, 0.717) is 36.0 Å². The predicted octanol–water partition coefficient (Wildman–Crippen LogP) is 4.17. The summed E-state index contributed by atoms with van der Waals surface area (Å²) in [6.07, 6.45) is 2.66. The first-order chi connectivity index (χ1) is 15.3. The highest BCUT2D eigenvalue weighted by molar-refractivity contribution is 7.89. The number of hydrogen-bond donors (Lipinski definition) is 1. The number of benzene rings is 1. The van der Waals surface area contributed by atoms with Crippen LogP contribution in [0, 0.1) is 26.7 Å². The highest BCUT2D eigenvalue weighted by Crippen LogP contribution is 2.30. The normalized spacial score (nSPS) is 15.6. The van der Waals surface area contributed by atoms with Crippen molar-refractivity contribution in [2.75, 3.05) is 18.4 Å². The Kier molecular flexibility index (Phi) is 6.41. The smallest absolute Gasteiger partial charge is 0.243 e. The van der Waals surface area contributed by atoms with Gasteiger partial charge in [0.1, 0.15) is 5.69 Å². The molecule has 1 fully saturated rings. The van der Waals surface area contributed by atoms with Crippen LogP contribution >= 0.6 is 11.3 Å². The minimum absolute atomic E-state index is 0.119. The van der Waals surface area contributed by atoms with Crippen LogP contribution in [0.3, 0.4) is 0 Å². The van der Waals surface area contributed by atoms with E-state index in [-0.39, 0.29) is 11.8 Å². The van der Waals surface area contributed by atoms with Gasteiger partial charge in [-0.3, -0.25) is 9.78 Å². The van der Waals surface area contributed by atoms with Crippen molar-refractivity contribution in [1.82, 2.24) is 14.3 Å². The number of carbonyl (C=O) groups is 1. The van der Waals surface area contributed by atoms with Gasteiger partial charge in [0, 0.05) is 30.6 Å². The quantitative estimate of drug-likeness (QED) is 0.604. The van der Waals surface area contributed by atoms with Gasteiger partial charge in [0.05, 0.1) is 10.6 Å². The summed E-state index contributed by atoms with van der Waals surface area (Å²) in [5, 5.41) is 5.27. The molecule has 0 atom stereocenters. The van der Waals surface area contributed by atoms with Gasteiger partial charge in [-0.25, -0.2) is 13.4 Å². The summed E-state index contributed by atoms with van der Waals surface area (Å²) >= 11 is 1.35. The molecular formula is C23H26N4O3S2. The second-order valence-electron chi connectivity index (χ2n) is 8.15. The molecular weight excluding hydrogens is 444 g/mol. The molecule has 3 heterocycles. The number of pyridine rings is 1. The monoisotopic (exact) mass is 470 g/mol. The maximum Gasteiger partial charge on any atom is 0.243 e. The topological polar surface area (TPSA) is 92.3 Å². The average molecular weight is 471 g/mol. The Hall–Kier alpha value is -2.62. The van der Waals surface area contributed by atoms with Crippen LogP contribution in [-0.4, -0.2) is 41.7 Å². The van der Waals surface area contributed by atoms with E-state index >= 15 is 0 Å². The maximum absolute atomic E-state index is 13.3. The number of anilines is 1. The largest absolute Gasteiger partial charge is 0.302 e. The number of sulfonamides is 1. The van der Waals surface area contributed by atoms with E-state index in [2.05, 4.69) is 15.3 Å². The van der Waals surface area contributed by atoms with Crippen molar-refractivity contribution in [1.29, 1.82) is 0 Å². The number of rotatable bonds is 5. The molecule has 9 heteroatoms. The first kappa shape index (κ1) is 22.6. The molecule has 0 aliphatic carbocycles. The van der Waals surface area contributed by atoms with Crippen molar-refractivity contribution >= 4 is 32.4 Å². The molecule has 168 valence electrons. The number of aromatic nitrogens is 2. The molecule has 2 aromatic heterocycles. The van der Waals surface area contributed by atoms with Crippen molar-refractivity contribution < 1.29 is 13.2 Å². The molecule has 1 N–H and O–H groups in total. The lowest BCUT2D eigenvalue weighted by Crippen LogP contribution is -2.41. The van der Waals surface area contributed by atoms with Crippen LogP contribution in [0.15, 0.2) is 46.8 Å². The SMILES string of the molecule is Cc1cc(C)c(S(=O)(=O)N2CCC(C(=O)Nc3nc(-c4ccccn4)cs3)CC2)c(C)c1. The van der Waals surface area contributed by atoms with E-state index in [1.54, 1.807) is 6.20 Å². The summed E-state index contributed by atoms with van der Waals surface area (Å²) in [5.41, 5.74) is 4.03. The molecule has 32 heavy (non-hydrogen) atoms. The number of aryl methyl sites for hydroxylation is 3. The standard InChI is InChI=1S/C23H26N4O3S2/c1-15-12-16(2)21(17(3)13-15)32(29,30)27-10-7-18(8-11-27)22(28)26-23-25-20(14-31-23)19-6-4-5-9-24-19/h4-6,9,12-14,18H,7-8,10-11H2,1-3H3,(H,25,26,28). The Morgan fingerprint density at radius 1 is 1.09 bits per heavy atom. The number of thiazole rings is 1.